The second-order valence-electron chi connectivity index (χ2n) is 4.57. The van der Waals surface area contributed by atoms with Crippen molar-refractivity contribution in [1.29, 1.82) is 0 Å². The van der Waals surface area contributed by atoms with Crippen LogP contribution >= 0.6 is 0 Å². The molecule has 1 heterocycles. The second kappa shape index (κ2) is 4.77. The van der Waals surface area contributed by atoms with Gasteiger partial charge in [-0.1, -0.05) is 0 Å². The lowest BCUT2D eigenvalue weighted by molar-refractivity contribution is -0.129. The van der Waals surface area contributed by atoms with Gasteiger partial charge in [-0.3, -0.25) is 4.79 Å². The van der Waals surface area contributed by atoms with E-state index in [1.165, 1.54) is 12.5 Å². The molecule has 0 aromatic carbocycles. The van der Waals surface area contributed by atoms with Crippen molar-refractivity contribution in [3.8, 4) is 0 Å². The first-order valence-corrected chi connectivity index (χ1v) is 5.83. The highest BCUT2D eigenvalue weighted by Crippen LogP contribution is 2.28. The molecule has 0 unspecified atom stereocenters. The van der Waals surface area contributed by atoms with E-state index in [0.29, 0.717) is 13.1 Å². The number of aromatic nitrogens is 2. The van der Waals surface area contributed by atoms with Gasteiger partial charge >= 0.3 is 5.97 Å². The first-order chi connectivity index (χ1) is 8.51. The Morgan fingerprint density at radius 3 is 2.78 bits per heavy atom. The largest absolute Gasteiger partial charge is 0.476 e. The highest BCUT2D eigenvalue weighted by molar-refractivity contribution is 5.87. The SMILES string of the molecule is NC1(C(=O)NCCn2cnc(C(=O)O)c2)CCC1. The van der Waals surface area contributed by atoms with Gasteiger partial charge in [-0.05, 0) is 19.3 Å². The van der Waals surface area contributed by atoms with E-state index in [0.717, 1.165) is 19.3 Å². The van der Waals surface area contributed by atoms with Crippen LogP contribution in [0, 0.1) is 0 Å². The molecule has 1 saturated carbocycles. The number of nitrogens with one attached hydrogen (secondary N) is 1. The summed E-state index contributed by atoms with van der Waals surface area (Å²) in [4.78, 5) is 26.0. The molecule has 1 amide bonds. The third-order valence-corrected chi connectivity index (χ3v) is 3.21. The van der Waals surface area contributed by atoms with Gasteiger partial charge < -0.3 is 20.7 Å². The summed E-state index contributed by atoms with van der Waals surface area (Å²) in [5.74, 6) is -1.19. The van der Waals surface area contributed by atoms with Crippen molar-refractivity contribution in [1.82, 2.24) is 14.9 Å². The molecule has 1 aliphatic rings. The number of rotatable bonds is 5. The second-order valence-corrected chi connectivity index (χ2v) is 4.57. The molecule has 7 nitrogen and oxygen atoms in total. The number of nitrogens with zero attached hydrogens (tertiary/aromatic N) is 2. The first-order valence-electron chi connectivity index (χ1n) is 5.83. The van der Waals surface area contributed by atoms with Gasteiger partial charge in [0.25, 0.3) is 0 Å². The molecule has 1 aliphatic carbocycles. The molecule has 0 spiro atoms. The van der Waals surface area contributed by atoms with E-state index in [-0.39, 0.29) is 11.6 Å². The van der Waals surface area contributed by atoms with E-state index in [9.17, 15) is 9.59 Å². The van der Waals surface area contributed by atoms with Crippen LogP contribution in [0.4, 0.5) is 0 Å². The molecule has 0 radical (unpaired) electrons. The average molecular weight is 252 g/mol. The van der Waals surface area contributed by atoms with Gasteiger partial charge in [-0.2, -0.15) is 0 Å². The van der Waals surface area contributed by atoms with Gasteiger partial charge in [0.1, 0.15) is 0 Å². The molecule has 1 aromatic heterocycles. The van der Waals surface area contributed by atoms with Crippen LogP contribution in [-0.4, -0.2) is 38.6 Å². The fourth-order valence-electron chi connectivity index (χ4n) is 1.85. The van der Waals surface area contributed by atoms with Crippen molar-refractivity contribution >= 4 is 11.9 Å². The van der Waals surface area contributed by atoms with Crippen LogP contribution in [0.5, 0.6) is 0 Å². The number of amides is 1. The van der Waals surface area contributed by atoms with Gasteiger partial charge in [0.05, 0.1) is 11.9 Å². The molecule has 1 fully saturated rings. The van der Waals surface area contributed by atoms with Crippen LogP contribution in [0.2, 0.25) is 0 Å². The number of carbonyl (C=O) groups excluding carboxylic acids is 1. The maximum Gasteiger partial charge on any atom is 0.356 e. The molecule has 1 aromatic rings. The summed E-state index contributed by atoms with van der Waals surface area (Å²) in [5, 5.41) is 11.4. The Bertz CT molecular complexity index is 465. The van der Waals surface area contributed by atoms with Crippen LogP contribution in [0.1, 0.15) is 29.8 Å². The van der Waals surface area contributed by atoms with Gasteiger partial charge in [0.15, 0.2) is 5.69 Å². The maximum absolute atomic E-state index is 11.7. The number of nitrogens with two attached hydrogens (primary N) is 1. The normalized spacial score (nSPS) is 16.9. The fraction of sp³-hybridized carbons (Fsp3) is 0.545. The molecule has 98 valence electrons. The topological polar surface area (TPSA) is 110 Å². The van der Waals surface area contributed by atoms with Gasteiger partial charge in [-0.25, -0.2) is 9.78 Å². The third-order valence-electron chi connectivity index (χ3n) is 3.21. The monoisotopic (exact) mass is 252 g/mol. The van der Waals surface area contributed by atoms with Crippen LogP contribution in [0.15, 0.2) is 12.5 Å². The molecule has 0 aliphatic heterocycles. The Balaban J connectivity index is 1.77. The summed E-state index contributed by atoms with van der Waals surface area (Å²) in [7, 11) is 0. The maximum atomic E-state index is 11.7. The van der Waals surface area contributed by atoms with Crippen molar-refractivity contribution in [2.75, 3.05) is 6.54 Å². The number of carboxylic acid groups (broad SMARTS) is 1. The van der Waals surface area contributed by atoms with Crippen molar-refractivity contribution < 1.29 is 14.7 Å². The number of carboxylic acids is 1. The zero-order chi connectivity index (χ0) is 13.2. The molecule has 0 bridgehead atoms. The highest BCUT2D eigenvalue weighted by atomic mass is 16.4. The zero-order valence-electron chi connectivity index (χ0n) is 9.93. The van der Waals surface area contributed by atoms with Crippen molar-refractivity contribution in [2.45, 2.75) is 31.3 Å². The summed E-state index contributed by atoms with van der Waals surface area (Å²) in [6, 6.07) is 0. The van der Waals surface area contributed by atoms with Crippen molar-refractivity contribution in [3.05, 3.63) is 18.2 Å². The fourth-order valence-corrected chi connectivity index (χ4v) is 1.85. The van der Waals surface area contributed by atoms with Gasteiger partial charge in [0, 0.05) is 19.3 Å². The molecule has 0 saturated heterocycles. The Labute approximate surface area is 104 Å². The van der Waals surface area contributed by atoms with Crippen LogP contribution in [0.25, 0.3) is 0 Å². The van der Waals surface area contributed by atoms with E-state index < -0.39 is 11.5 Å². The summed E-state index contributed by atoms with van der Waals surface area (Å²) < 4.78 is 1.62. The van der Waals surface area contributed by atoms with E-state index in [1.54, 1.807) is 4.57 Å². The lowest BCUT2D eigenvalue weighted by Gasteiger charge is -2.36. The number of aromatic carboxylic acids is 1. The van der Waals surface area contributed by atoms with Crippen molar-refractivity contribution in [2.24, 2.45) is 5.73 Å². The predicted molar refractivity (Wildman–Crippen MR) is 63.0 cm³/mol. The first kappa shape index (κ1) is 12.6. The lowest BCUT2D eigenvalue weighted by atomic mass is 9.77. The third kappa shape index (κ3) is 2.51. The Hall–Kier alpha value is -1.89. The molecule has 0 atom stereocenters. The molecular weight excluding hydrogens is 236 g/mol. The number of hydrogen-bond acceptors (Lipinski definition) is 4. The number of imidazole rings is 1. The average Bonchev–Trinajstić information content (AvgIpc) is 2.74. The minimum Gasteiger partial charge on any atom is -0.476 e. The van der Waals surface area contributed by atoms with Crippen LogP contribution < -0.4 is 11.1 Å². The van der Waals surface area contributed by atoms with Crippen LogP contribution in [-0.2, 0) is 11.3 Å². The predicted octanol–water partition coefficient (Wildman–Crippen LogP) is -0.421. The highest BCUT2D eigenvalue weighted by Gasteiger charge is 2.39. The lowest BCUT2D eigenvalue weighted by Crippen LogP contribution is -2.58. The van der Waals surface area contributed by atoms with Gasteiger partial charge in [-0.15, -0.1) is 0 Å². The smallest absolute Gasteiger partial charge is 0.356 e. The molecule has 7 heteroatoms. The number of carbonyl (C=O) groups is 2. The molecular formula is C11H16N4O3. The Morgan fingerprint density at radius 1 is 1.56 bits per heavy atom. The summed E-state index contributed by atoms with van der Waals surface area (Å²) in [6.45, 7) is 0.884. The van der Waals surface area contributed by atoms with Gasteiger partial charge in [0.2, 0.25) is 5.91 Å². The van der Waals surface area contributed by atoms with Crippen molar-refractivity contribution in [3.63, 3.8) is 0 Å². The van der Waals surface area contributed by atoms with E-state index in [2.05, 4.69) is 10.3 Å². The minimum atomic E-state index is -1.06. The van der Waals surface area contributed by atoms with E-state index in [1.807, 2.05) is 0 Å². The zero-order valence-corrected chi connectivity index (χ0v) is 9.93. The molecule has 4 N–H and O–H groups in total. The van der Waals surface area contributed by atoms with E-state index >= 15 is 0 Å². The Morgan fingerprint density at radius 2 is 2.28 bits per heavy atom. The summed E-state index contributed by atoms with van der Waals surface area (Å²) in [5.41, 5.74) is 5.16. The van der Waals surface area contributed by atoms with Crippen LogP contribution in [0.3, 0.4) is 0 Å². The Kier molecular flexibility index (Phi) is 3.33. The molecule has 18 heavy (non-hydrogen) atoms. The summed E-state index contributed by atoms with van der Waals surface area (Å²) in [6.07, 6.45) is 5.31. The number of hydrogen-bond donors (Lipinski definition) is 3. The van der Waals surface area contributed by atoms with E-state index in [4.69, 9.17) is 10.8 Å². The standard InChI is InChI=1S/C11H16N4O3/c12-11(2-1-3-11)10(18)13-4-5-15-6-8(9(16)17)14-7-15/h6-7H,1-5,12H2,(H,13,18)(H,16,17). The quantitative estimate of drug-likeness (QED) is 0.659. The minimum absolute atomic E-state index is 0.00406. The summed E-state index contributed by atoms with van der Waals surface area (Å²) >= 11 is 0. The molecule has 2 rings (SSSR count).